The summed E-state index contributed by atoms with van der Waals surface area (Å²) >= 11 is 5.99. The molecule has 30 heavy (non-hydrogen) atoms. The number of likely N-dealkylation sites (tertiary alicyclic amines) is 1. The quantitative estimate of drug-likeness (QED) is 0.691. The summed E-state index contributed by atoms with van der Waals surface area (Å²) in [5.74, 6) is 2.06. The number of nitrogens with zero attached hydrogens (tertiary/aromatic N) is 6. The van der Waals surface area contributed by atoms with Crippen molar-refractivity contribution < 1.29 is 4.79 Å². The van der Waals surface area contributed by atoms with Gasteiger partial charge in [-0.05, 0) is 44.7 Å². The molecular weight excluding hydrogens is 402 g/mol. The van der Waals surface area contributed by atoms with Crippen molar-refractivity contribution in [3.63, 3.8) is 0 Å². The number of aromatic amines is 1. The van der Waals surface area contributed by atoms with Crippen molar-refractivity contribution in [3.05, 3.63) is 35.4 Å². The van der Waals surface area contributed by atoms with Gasteiger partial charge in [-0.2, -0.15) is 5.10 Å². The van der Waals surface area contributed by atoms with Gasteiger partial charge in [0.25, 0.3) is 0 Å². The Hall–Kier alpha value is -2.61. The van der Waals surface area contributed by atoms with Crippen molar-refractivity contribution in [1.82, 2.24) is 29.6 Å². The van der Waals surface area contributed by atoms with Crippen LogP contribution in [0.4, 0.5) is 5.82 Å². The molecule has 0 saturated carbocycles. The van der Waals surface area contributed by atoms with Crippen LogP contribution in [0, 0.1) is 5.92 Å². The summed E-state index contributed by atoms with van der Waals surface area (Å²) < 4.78 is 1.78. The summed E-state index contributed by atoms with van der Waals surface area (Å²) in [6.07, 6.45) is 7.63. The van der Waals surface area contributed by atoms with E-state index in [0.29, 0.717) is 10.9 Å². The molecule has 0 aromatic carbocycles. The molecule has 2 atom stereocenters. The second-order valence-corrected chi connectivity index (χ2v) is 8.73. The maximum atomic E-state index is 12.8. The lowest BCUT2D eigenvalue weighted by Crippen LogP contribution is -2.44. The number of hydrogen-bond acceptors (Lipinski definition) is 5. The minimum Gasteiger partial charge on any atom is -0.356 e. The first-order valence-electron chi connectivity index (χ1n) is 10.7. The first kappa shape index (κ1) is 19.4. The smallest absolute Gasteiger partial charge is 0.227 e. The molecule has 3 aromatic rings. The molecule has 0 bridgehead atoms. The Labute approximate surface area is 180 Å². The lowest BCUT2D eigenvalue weighted by atomic mass is 9.96. The number of carbonyl (C=O) groups excluding carboxylic acids is 1. The van der Waals surface area contributed by atoms with E-state index < -0.39 is 0 Å². The third-order valence-corrected chi connectivity index (χ3v) is 6.42. The Morgan fingerprint density at radius 2 is 2.03 bits per heavy atom. The molecule has 2 fully saturated rings. The van der Waals surface area contributed by atoms with Gasteiger partial charge in [0.1, 0.15) is 23.2 Å². The summed E-state index contributed by atoms with van der Waals surface area (Å²) in [6.45, 7) is 5.50. The standard InChI is InChI=1S/C21H26ClN7O/c1-14(29-13-16(22)11-23-29)19-24-17-6-7-18(25-20(17)26-19)28-10-4-5-15(12-28)21(30)27-8-2-3-9-27/h6-7,11,13-15H,2-5,8-10,12H2,1H3,(H,24,25,26)/t14-,15+/m1/s1. The van der Waals surface area contributed by atoms with E-state index in [1.54, 1.807) is 17.1 Å². The van der Waals surface area contributed by atoms with Crippen molar-refractivity contribution in [3.8, 4) is 0 Å². The molecule has 5 rings (SSSR count). The highest BCUT2D eigenvalue weighted by atomic mass is 35.5. The third kappa shape index (κ3) is 3.64. The number of carbonyl (C=O) groups is 1. The lowest BCUT2D eigenvalue weighted by Gasteiger charge is -2.34. The molecule has 1 amide bonds. The number of piperidine rings is 1. The molecule has 2 aliphatic heterocycles. The average Bonchev–Trinajstić information content (AvgIpc) is 3.52. The zero-order valence-corrected chi connectivity index (χ0v) is 17.8. The zero-order valence-electron chi connectivity index (χ0n) is 17.1. The van der Waals surface area contributed by atoms with Crippen molar-refractivity contribution >= 4 is 34.5 Å². The minimum atomic E-state index is -0.0763. The minimum absolute atomic E-state index is 0.0660. The van der Waals surface area contributed by atoms with Crippen molar-refractivity contribution in [2.75, 3.05) is 31.1 Å². The van der Waals surface area contributed by atoms with Gasteiger partial charge in [-0.15, -0.1) is 0 Å². The normalized spacial score (nSPS) is 20.8. The van der Waals surface area contributed by atoms with Crippen LogP contribution in [0.2, 0.25) is 5.02 Å². The molecule has 8 nitrogen and oxygen atoms in total. The van der Waals surface area contributed by atoms with Crippen LogP contribution < -0.4 is 4.90 Å². The highest BCUT2D eigenvalue weighted by Crippen LogP contribution is 2.26. The second kappa shape index (κ2) is 7.91. The Morgan fingerprint density at radius 3 is 2.80 bits per heavy atom. The SMILES string of the molecule is C[C@H](c1nc2ccc(N3CCC[C@H](C(=O)N4CCCC4)C3)nc2[nH]1)n1cc(Cl)cn1. The van der Waals surface area contributed by atoms with E-state index in [1.165, 1.54) is 0 Å². The fourth-order valence-electron chi connectivity index (χ4n) is 4.51. The fraction of sp³-hybridized carbons (Fsp3) is 0.524. The average molecular weight is 428 g/mol. The number of rotatable bonds is 4. The summed E-state index contributed by atoms with van der Waals surface area (Å²) in [4.78, 5) is 30.0. The van der Waals surface area contributed by atoms with Gasteiger partial charge in [0.05, 0.1) is 17.1 Å². The van der Waals surface area contributed by atoms with Crippen LogP contribution in [0.3, 0.4) is 0 Å². The van der Waals surface area contributed by atoms with E-state index in [9.17, 15) is 4.79 Å². The molecule has 5 heterocycles. The summed E-state index contributed by atoms with van der Waals surface area (Å²) in [7, 11) is 0. The van der Waals surface area contributed by atoms with Crippen LogP contribution in [0.5, 0.6) is 0 Å². The molecule has 1 N–H and O–H groups in total. The van der Waals surface area contributed by atoms with E-state index in [4.69, 9.17) is 16.6 Å². The number of anilines is 1. The summed E-state index contributed by atoms with van der Waals surface area (Å²) in [6, 6.07) is 3.92. The van der Waals surface area contributed by atoms with Crippen LogP contribution in [0.15, 0.2) is 24.5 Å². The monoisotopic (exact) mass is 427 g/mol. The predicted molar refractivity (Wildman–Crippen MR) is 116 cm³/mol. The van der Waals surface area contributed by atoms with E-state index in [0.717, 1.165) is 74.7 Å². The topological polar surface area (TPSA) is 82.9 Å². The lowest BCUT2D eigenvalue weighted by molar-refractivity contribution is -0.134. The van der Waals surface area contributed by atoms with E-state index in [1.807, 2.05) is 24.0 Å². The van der Waals surface area contributed by atoms with Gasteiger partial charge in [-0.25, -0.2) is 9.97 Å². The van der Waals surface area contributed by atoms with Crippen molar-refractivity contribution in [2.24, 2.45) is 5.92 Å². The van der Waals surface area contributed by atoms with Crippen molar-refractivity contribution in [2.45, 2.75) is 38.6 Å². The highest BCUT2D eigenvalue weighted by molar-refractivity contribution is 6.30. The number of hydrogen-bond donors (Lipinski definition) is 1. The third-order valence-electron chi connectivity index (χ3n) is 6.22. The molecule has 2 saturated heterocycles. The van der Waals surface area contributed by atoms with Gasteiger partial charge < -0.3 is 14.8 Å². The number of imidazole rings is 1. The maximum Gasteiger partial charge on any atom is 0.227 e. The Balaban J connectivity index is 1.35. The van der Waals surface area contributed by atoms with Gasteiger partial charge in [0.2, 0.25) is 5.91 Å². The van der Waals surface area contributed by atoms with Gasteiger partial charge in [0, 0.05) is 32.4 Å². The number of fused-ring (bicyclic) bond motifs is 1. The van der Waals surface area contributed by atoms with E-state index in [-0.39, 0.29) is 12.0 Å². The fourth-order valence-corrected chi connectivity index (χ4v) is 4.65. The molecule has 2 aliphatic rings. The van der Waals surface area contributed by atoms with Crippen molar-refractivity contribution in [1.29, 1.82) is 0 Å². The van der Waals surface area contributed by atoms with Crippen LogP contribution in [-0.2, 0) is 4.79 Å². The first-order chi connectivity index (χ1) is 14.6. The summed E-state index contributed by atoms with van der Waals surface area (Å²) in [5, 5.41) is 4.87. The number of amides is 1. The van der Waals surface area contributed by atoms with Crippen LogP contribution in [0.25, 0.3) is 11.2 Å². The molecule has 158 valence electrons. The maximum absolute atomic E-state index is 12.8. The second-order valence-electron chi connectivity index (χ2n) is 8.29. The molecule has 3 aromatic heterocycles. The van der Waals surface area contributed by atoms with Crippen LogP contribution >= 0.6 is 11.6 Å². The first-order valence-corrected chi connectivity index (χ1v) is 11.1. The Kier molecular flexibility index (Phi) is 5.10. The number of pyridine rings is 1. The van der Waals surface area contributed by atoms with Crippen LogP contribution in [0.1, 0.15) is 44.5 Å². The molecule has 0 radical (unpaired) electrons. The molecule has 0 spiro atoms. The Bertz CT molecular complexity index is 1050. The van der Waals surface area contributed by atoms with E-state index >= 15 is 0 Å². The van der Waals surface area contributed by atoms with Gasteiger partial charge in [0.15, 0.2) is 5.65 Å². The van der Waals surface area contributed by atoms with Gasteiger partial charge >= 0.3 is 0 Å². The van der Waals surface area contributed by atoms with Gasteiger partial charge in [-0.3, -0.25) is 9.48 Å². The highest BCUT2D eigenvalue weighted by Gasteiger charge is 2.31. The van der Waals surface area contributed by atoms with Gasteiger partial charge in [-0.1, -0.05) is 11.6 Å². The van der Waals surface area contributed by atoms with E-state index in [2.05, 4.69) is 20.0 Å². The Morgan fingerprint density at radius 1 is 1.20 bits per heavy atom. The largest absolute Gasteiger partial charge is 0.356 e. The molecule has 0 aliphatic carbocycles. The molecular formula is C21H26ClN7O. The number of nitrogens with one attached hydrogen (secondary N) is 1. The number of halogens is 1. The molecule has 0 unspecified atom stereocenters. The van der Waals surface area contributed by atoms with Crippen LogP contribution in [-0.4, -0.2) is 61.7 Å². The summed E-state index contributed by atoms with van der Waals surface area (Å²) in [5.41, 5.74) is 1.57. The number of H-pyrrole nitrogens is 1. The molecule has 9 heteroatoms. The predicted octanol–water partition coefficient (Wildman–Crippen LogP) is 3.26. The zero-order chi connectivity index (χ0) is 20.7. The number of aromatic nitrogens is 5.